The molecule has 3 aromatic rings. The number of nitrogens with zero attached hydrogens (tertiary/aromatic N) is 6. The van der Waals surface area contributed by atoms with Gasteiger partial charge in [0.05, 0.1) is 22.9 Å². The standard InChI is InChI=1S/C17H19ClN6OS/c1-22(16-19-9-11(18)10-20-16)12-3-6-24(7-4-12)17-21-13-5-8-26-14(13)15(25)23(17)2/h5,8-10,12H,3-4,6-7H2,1-2H3. The largest absolute Gasteiger partial charge is 0.342 e. The third-order valence-electron chi connectivity index (χ3n) is 4.88. The van der Waals surface area contributed by atoms with E-state index in [4.69, 9.17) is 16.6 Å². The number of rotatable bonds is 3. The first-order chi connectivity index (χ1) is 12.5. The molecule has 136 valence electrons. The van der Waals surface area contributed by atoms with Crippen LogP contribution in [-0.4, -0.2) is 45.7 Å². The van der Waals surface area contributed by atoms with E-state index >= 15 is 0 Å². The summed E-state index contributed by atoms with van der Waals surface area (Å²) < 4.78 is 2.37. The second-order valence-electron chi connectivity index (χ2n) is 6.44. The minimum absolute atomic E-state index is 0.0220. The van der Waals surface area contributed by atoms with Crippen molar-refractivity contribution >= 4 is 45.1 Å². The van der Waals surface area contributed by atoms with Crippen molar-refractivity contribution < 1.29 is 0 Å². The Morgan fingerprint density at radius 2 is 1.96 bits per heavy atom. The average molecular weight is 391 g/mol. The third-order valence-corrected chi connectivity index (χ3v) is 5.97. The Balaban J connectivity index is 1.51. The van der Waals surface area contributed by atoms with Crippen LogP contribution in [0.2, 0.25) is 5.02 Å². The zero-order chi connectivity index (χ0) is 18.3. The lowest BCUT2D eigenvalue weighted by Crippen LogP contribution is -2.45. The number of fused-ring (bicyclic) bond motifs is 1. The molecule has 0 amide bonds. The Morgan fingerprint density at radius 1 is 1.27 bits per heavy atom. The molecule has 0 N–H and O–H groups in total. The van der Waals surface area contributed by atoms with Crippen molar-refractivity contribution in [2.24, 2.45) is 7.05 Å². The zero-order valence-corrected chi connectivity index (χ0v) is 16.2. The molecular formula is C17H19ClN6OS. The van der Waals surface area contributed by atoms with E-state index in [0.717, 1.165) is 37.4 Å². The minimum atomic E-state index is 0.0220. The van der Waals surface area contributed by atoms with Crippen LogP contribution in [0.25, 0.3) is 10.2 Å². The molecule has 1 aliphatic rings. The predicted molar refractivity (Wildman–Crippen MR) is 106 cm³/mol. The highest BCUT2D eigenvalue weighted by atomic mass is 35.5. The van der Waals surface area contributed by atoms with Gasteiger partial charge in [-0.05, 0) is 24.3 Å². The summed E-state index contributed by atoms with van der Waals surface area (Å²) in [4.78, 5) is 30.1. The maximum atomic E-state index is 12.5. The highest BCUT2D eigenvalue weighted by Crippen LogP contribution is 2.24. The maximum absolute atomic E-state index is 12.5. The van der Waals surface area contributed by atoms with Gasteiger partial charge in [0.25, 0.3) is 5.56 Å². The second kappa shape index (κ2) is 6.85. The molecule has 0 unspecified atom stereocenters. The van der Waals surface area contributed by atoms with Gasteiger partial charge in [-0.25, -0.2) is 15.0 Å². The minimum Gasteiger partial charge on any atom is -0.342 e. The molecule has 0 bridgehead atoms. The lowest BCUT2D eigenvalue weighted by molar-refractivity contribution is 0.469. The smallest absolute Gasteiger partial charge is 0.272 e. The summed E-state index contributed by atoms with van der Waals surface area (Å²) >= 11 is 7.31. The molecule has 1 aliphatic heterocycles. The Hall–Kier alpha value is -2.19. The molecule has 0 saturated carbocycles. The molecule has 0 aromatic carbocycles. The highest BCUT2D eigenvalue weighted by molar-refractivity contribution is 7.17. The van der Waals surface area contributed by atoms with E-state index in [1.807, 2.05) is 18.5 Å². The molecule has 7 nitrogen and oxygen atoms in total. The first-order valence-electron chi connectivity index (χ1n) is 8.44. The number of aromatic nitrogens is 4. The van der Waals surface area contributed by atoms with Crippen LogP contribution < -0.4 is 15.4 Å². The molecule has 1 fully saturated rings. The van der Waals surface area contributed by atoms with Crippen LogP contribution in [0.5, 0.6) is 0 Å². The molecule has 0 atom stereocenters. The van der Waals surface area contributed by atoms with E-state index in [1.54, 1.807) is 24.0 Å². The van der Waals surface area contributed by atoms with E-state index in [-0.39, 0.29) is 5.56 Å². The predicted octanol–water partition coefficient (Wildman–Crippen LogP) is 2.54. The molecule has 3 aromatic heterocycles. The number of halogens is 1. The van der Waals surface area contributed by atoms with Crippen molar-refractivity contribution in [3.63, 3.8) is 0 Å². The van der Waals surface area contributed by atoms with Crippen LogP contribution >= 0.6 is 22.9 Å². The van der Waals surface area contributed by atoms with Crippen LogP contribution in [0.4, 0.5) is 11.9 Å². The van der Waals surface area contributed by atoms with Crippen LogP contribution in [0.1, 0.15) is 12.8 Å². The molecule has 4 heterocycles. The maximum Gasteiger partial charge on any atom is 0.272 e. The normalized spacial score (nSPS) is 15.6. The van der Waals surface area contributed by atoms with Gasteiger partial charge in [-0.1, -0.05) is 11.6 Å². The lowest BCUT2D eigenvalue weighted by atomic mass is 10.0. The summed E-state index contributed by atoms with van der Waals surface area (Å²) in [6, 6.07) is 2.25. The number of anilines is 2. The molecular weight excluding hydrogens is 372 g/mol. The quantitative estimate of drug-likeness (QED) is 0.684. The SMILES string of the molecule is CN(c1ncc(Cl)cn1)C1CCN(c2nc3ccsc3c(=O)n2C)CC1. The van der Waals surface area contributed by atoms with Crippen molar-refractivity contribution in [1.29, 1.82) is 0 Å². The fraction of sp³-hybridized carbons (Fsp3) is 0.412. The number of piperidine rings is 1. The summed E-state index contributed by atoms with van der Waals surface area (Å²) in [5, 5.41) is 2.45. The fourth-order valence-electron chi connectivity index (χ4n) is 3.36. The average Bonchev–Trinajstić information content (AvgIpc) is 3.14. The van der Waals surface area contributed by atoms with Gasteiger partial charge in [-0.3, -0.25) is 9.36 Å². The van der Waals surface area contributed by atoms with Crippen LogP contribution in [0.3, 0.4) is 0 Å². The summed E-state index contributed by atoms with van der Waals surface area (Å²) in [6.07, 6.45) is 5.12. The van der Waals surface area contributed by atoms with Gasteiger partial charge >= 0.3 is 0 Å². The lowest BCUT2D eigenvalue weighted by Gasteiger charge is -2.37. The summed E-state index contributed by atoms with van der Waals surface area (Å²) in [6.45, 7) is 1.66. The highest BCUT2D eigenvalue weighted by Gasteiger charge is 2.26. The van der Waals surface area contributed by atoms with Crippen LogP contribution in [0, 0.1) is 0 Å². The summed E-state index contributed by atoms with van der Waals surface area (Å²) in [7, 11) is 3.80. The molecule has 0 spiro atoms. The number of hydrogen-bond acceptors (Lipinski definition) is 7. The van der Waals surface area contributed by atoms with Gasteiger partial charge in [-0.2, -0.15) is 0 Å². The van der Waals surface area contributed by atoms with Crippen LogP contribution in [-0.2, 0) is 7.05 Å². The first-order valence-corrected chi connectivity index (χ1v) is 9.70. The number of thiophene rings is 1. The van der Waals surface area contributed by atoms with Crippen molar-refractivity contribution in [3.05, 3.63) is 39.2 Å². The van der Waals surface area contributed by atoms with Gasteiger partial charge in [0.1, 0.15) is 4.70 Å². The topological polar surface area (TPSA) is 67.2 Å². The summed E-state index contributed by atoms with van der Waals surface area (Å²) in [5.74, 6) is 1.42. The molecule has 0 radical (unpaired) electrons. The third kappa shape index (κ3) is 3.03. The monoisotopic (exact) mass is 390 g/mol. The van der Waals surface area contributed by atoms with E-state index in [1.165, 1.54) is 11.3 Å². The first kappa shape index (κ1) is 17.2. The molecule has 0 aliphatic carbocycles. The molecule has 9 heteroatoms. The Kier molecular flexibility index (Phi) is 4.54. The van der Waals surface area contributed by atoms with E-state index in [0.29, 0.717) is 21.7 Å². The van der Waals surface area contributed by atoms with Crippen molar-refractivity contribution in [3.8, 4) is 0 Å². The van der Waals surface area contributed by atoms with E-state index < -0.39 is 0 Å². The zero-order valence-electron chi connectivity index (χ0n) is 14.6. The van der Waals surface area contributed by atoms with E-state index in [9.17, 15) is 4.79 Å². The Bertz CT molecular complexity index is 977. The Labute approximate surface area is 159 Å². The molecule has 1 saturated heterocycles. The van der Waals surface area contributed by atoms with Crippen molar-refractivity contribution in [2.75, 3.05) is 29.9 Å². The van der Waals surface area contributed by atoms with Crippen molar-refractivity contribution in [2.45, 2.75) is 18.9 Å². The molecule has 26 heavy (non-hydrogen) atoms. The van der Waals surface area contributed by atoms with Gasteiger partial charge < -0.3 is 9.80 Å². The van der Waals surface area contributed by atoms with E-state index in [2.05, 4.69) is 19.8 Å². The summed E-state index contributed by atoms with van der Waals surface area (Å²) in [5.41, 5.74) is 0.802. The second-order valence-corrected chi connectivity index (χ2v) is 7.79. The number of hydrogen-bond donors (Lipinski definition) is 0. The fourth-order valence-corrected chi connectivity index (χ4v) is 4.27. The van der Waals surface area contributed by atoms with Gasteiger partial charge in [0.2, 0.25) is 11.9 Å². The van der Waals surface area contributed by atoms with Gasteiger partial charge in [0, 0.05) is 33.2 Å². The van der Waals surface area contributed by atoms with Gasteiger partial charge in [-0.15, -0.1) is 11.3 Å². The molecule has 4 rings (SSSR count). The Morgan fingerprint density at radius 3 is 2.65 bits per heavy atom. The van der Waals surface area contributed by atoms with Gasteiger partial charge in [0.15, 0.2) is 0 Å². The van der Waals surface area contributed by atoms with Crippen LogP contribution in [0.15, 0.2) is 28.6 Å². The van der Waals surface area contributed by atoms with Crippen molar-refractivity contribution in [1.82, 2.24) is 19.5 Å².